The molecule has 0 bridgehead atoms. The van der Waals surface area contributed by atoms with E-state index in [1.54, 1.807) is 24.5 Å². The Labute approximate surface area is 103 Å². The Balaban J connectivity index is 2.03. The van der Waals surface area contributed by atoms with Crippen molar-refractivity contribution in [2.75, 3.05) is 7.05 Å². The van der Waals surface area contributed by atoms with Crippen molar-refractivity contribution in [3.63, 3.8) is 0 Å². The van der Waals surface area contributed by atoms with Crippen molar-refractivity contribution in [1.82, 2.24) is 9.88 Å². The highest BCUT2D eigenvalue weighted by Crippen LogP contribution is 2.22. The summed E-state index contributed by atoms with van der Waals surface area (Å²) in [6.07, 6.45) is 10.8. The molecule has 17 heavy (non-hydrogen) atoms. The number of hydrogen-bond donors (Lipinski definition) is 0. The van der Waals surface area contributed by atoms with Crippen LogP contribution in [0.3, 0.4) is 0 Å². The zero-order valence-electron chi connectivity index (χ0n) is 10.4. The number of carbonyl (C=O) groups is 1. The second-order valence-electron chi connectivity index (χ2n) is 4.80. The smallest absolute Gasteiger partial charge is 0.253 e. The predicted octanol–water partition coefficient (Wildman–Crippen LogP) is 2.88. The molecule has 2 rings (SSSR count). The molecule has 0 aliphatic heterocycles. The highest BCUT2D eigenvalue weighted by Gasteiger charge is 2.21. The van der Waals surface area contributed by atoms with Crippen LogP contribution >= 0.6 is 0 Å². The topological polar surface area (TPSA) is 33.2 Å². The third-order valence-corrected chi connectivity index (χ3v) is 3.62. The zero-order chi connectivity index (χ0) is 12.1. The van der Waals surface area contributed by atoms with Gasteiger partial charge in [0, 0.05) is 31.0 Å². The fourth-order valence-corrected chi connectivity index (χ4v) is 2.51. The van der Waals surface area contributed by atoms with Crippen LogP contribution in [-0.4, -0.2) is 28.9 Å². The van der Waals surface area contributed by atoms with Crippen LogP contribution < -0.4 is 0 Å². The lowest BCUT2D eigenvalue weighted by Crippen LogP contribution is -2.36. The minimum atomic E-state index is 0.124. The molecule has 0 spiro atoms. The molecule has 1 amide bonds. The molecule has 0 radical (unpaired) electrons. The summed E-state index contributed by atoms with van der Waals surface area (Å²) >= 11 is 0. The Kier molecular flexibility index (Phi) is 4.13. The van der Waals surface area contributed by atoms with E-state index >= 15 is 0 Å². The molecule has 1 heterocycles. The van der Waals surface area contributed by atoms with Crippen LogP contribution in [0.25, 0.3) is 0 Å². The van der Waals surface area contributed by atoms with E-state index in [2.05, 4.69) is 4.98 Å². The lowest BCUT2D eigenvalue weighted by atomic mass is 10.1. The minimum absolute atomic E-state index is 0.124. The zero-order valence-corrected chi connectivity index (χ0v) is 10.4. The van der Waals surface area contributed by atoms with Gasteiger partial charge in [-0.1, -0.05) is 25.7 Å². The Bertz CT molecular complexity index is 356. The molecule has 3 nitrogen and oxygen atoms in total. The van der Waals surface area contributed by atoms with Gasteiger partial charge >= 0.3 is 0 Å². The van der Waals surface area contributed by atoms with Gasteiger partial charge in [0.2, 0.25) is 0 Å². The van der Waals surface area contributed by atoms with Gasteiger partial charge in [0.25, 0.3) is 5.91 Å². The first-order valence-corrected chi connectivity index (χ1v) is 6.46. The first-order valence-electron chi connectivity index (χ1n) is 6.46. The van der Waals surface area contributed by atoms with Crippen molar-refractivity contribution in [1.29, 1.82) is 0 Å². The number of pyridine rings is 1. The maximum atomic E-state index is 12.3. The van der Waals surface area contributed by atoms with E-state index in [0.717, 1.165) is 18.4 Å². The molecule has 1 aromatic rings. The fraction of sp³-hybridized carbons (Fsp3) is 0.571. The van der Waals surface area contributed by atoms with Crippen LogP contribution in [0.5, 0.6) is 0 Å². The molecule has 1 fully saturated rings. The summed E-state index contributed by atoms with van der Waals surface area (Å²) in [5, 5.41) is 0. The molecule has 1 aliphatic carbocycles. The fourth-order valence-electron chi connectivity index (χ4n) is 2.51. The molecule has 0 saturated heterocycles. The number of rotatable bonds is 2. The normalized spacial score (nSPS) is 17.5. The summed E-state index contributed by atoms with van der Waals surface area (Å²) in [5.41, 5.74) is 0.742. The van der Waals surface area contributed by atoms with Crippen LogP contribution in [0.15, 0.2) is 24.5 Å². The van der Waals surface area contributed by atoms with Gasteiger partial charge in [-0.05, 0) is 25.0 Å². The third-order valence-electron chi connectivity index (χ3n) is 3.62. The molecule has 92 valence electrons. The molecule has 0 aromatic carbocycles. The highest BCUT2D eigenvalue weighted by molar-refractivity contribution is 5.94. The van der Waals surface area contributed by atoms with Crippen molar-refractivity contribution in [2.45, 2.75) is 44.6 Å². The number of nitrogens with zero attached hydrogens (tertiary/aromatic N) is 2. The number of amides is 1. The molecule has 0 N–H and O–H groups in total. The van der Waals surface area contributed by atoms with Gasteiger partial charge < -0.3 is 4.90 Å². The average Bonchev–Trinajstić information content (AvgIpc) is 2.67. The summed E-state index contributed by atoms with van der Waals surface area (Å²) in [6, 6.07) is 3.99. The molecular formula is C14H20N2O. The second kappa shape index (κ2) is 5.80. The largest absolute Gasteiger partial charge is 0.339 e. The van der Waals surface area contributed by atoms with E-state index in [4.69, 9.17) is 0 Å². The van der Waals surface area contributed by atoms with Crippen molar-refractivity contribution in [2.24, 2.45) is 0 Å². The molecule has 1 aliphatic rings. The monoisotopic (exact) mass is 232 g/mol. The van der Waals surface area contributed by atoms with Gasteiger partial charge in [0.05, 0.1) is 0 Å². The highest BCUT2D eigenvalue weighted by atomic mass is 16.2. The van der Waals surface area contributed by atoms with Gasteiger partial charge in [0.15, 0.2) is 0 Å². The van der Waals surface area contributed by atoms with Crippen LogP contribution in [-0.2, 0) is 0 Å². The van der Waals surface area contributed by atoms with E-state index in [1.807, 2.05) is 11.9 Å². The maximum Gasteiger partial charge on any atom is 0.253 e. The lowest BCUT2D eigenvalue weighted by molar-refractivity contribution is 0.0717. The van der Waals surface area contributed by atoms with Crippen molar-refractivity contribution < 1.29 is 4.79 Å². The summed E-state index contributed by atoms with van der Waals surface area (Å²) in [7, 11) is 1.93. The van der Waals surface area contributed by atoms with Crippen LogP contribution in [0.4, 0.5) is 0 Å². The lowest BCUT2D eigenvalue weighted by Gasteiger charge is -2.27. The van der Waals surface area contributed by atoms with Crippen LogP contribution in [0, 0.1) is 0 Å². The average molecular weight is 232 g/mol. The Morgan fingerprint density at radius 3 is 2.35 bits per heavy atom. The van der Waals surface area contributed by atoms with Gasteiger partial charge in [-0.15, -0.1) is 0 Å². The van der Waals surface area contributed by atoms with Crippen LogP contribution in [0.2, 0.25) is 0 Å². The Morgan fingerprint density at radius 2 is 1.76 bits per heavy atom. The molecular weight excluding hydrogens is 212 g/mol. The van der Waals surface area contributed by atoms with E-state index in [1.165, 1.54) is 25.7 Å². The maximum absolute atomic E-state index is 12.3. The van der Waals surface area contributed by atoms with Gasteiger partial charge in [-0.25, -0.2) is 0 Å². The molecule has 1 saturated carbocycles. The summed E-state index contributed by atoms with van der Waals surface area (Å²) in [4.78, 5) is 18.1. The van der Waals surface area contributed by atoms with E-state index in [-0.39, 0.29) is 5.91 Å². The number of hydrogen-bond acceptors (Lipinski definition) is 2. The summed E-state index contributed by atoms with van der Waals surface area (Å²) in [6.45, 7) is 0. The number of aromatic nitrogens is 1. The van der Waals surface area contributed by atoms with Gasteiger partial charge in [-0.3, -0.25) is 9.78 Å². The molecule has 1 aromatic heterocycles. The predicted molar refractivity (Wildman–Crippen MR) is 67.8 cm³/mol. The quantitative estimate of drug-likeness (QED) is 0.735. The number of carbonyl (C=O) groups excluding carboxylic acids is 1. The van der Waals surface area contributed by atoms with Gasteiger partial charge in [0.1, 0.15) is 0 Å². The summed E-state index contributed by atoms with van der Waals surface area (Å²) < 4.78 is 0. The summed E-state index contributed by atoms with van der Waals surface area (Å²) in [5.74, 6) is 0.124. The first-order chi connectivity index (χ1) is 8.29. The third kappa shape index (κ3) is 3.05. The van der Waals surface area contributed by atoms with Gasteiger partial charge in [-0.2, -0.15) is 0 Å². The standard InChI is InChI=1S/C14H20N2O/c1-16(13-6-4-2-3-5-7-13)14(17)12-8-10-15-11-9-12/h8-11,13H,2-7H2,1H3. The SMILES string of the molecule is CN(C(=O)c1ccncc1)C1CCCCCC1. The van der Waals surface area contributed by atoms with Crippen molar-refractivity contribution in [3.05, 3.63) is 30.1 Å². The van der Waals surface area contributed by atoms with E-state index in [9.17, 15) is 4.79 Å². The van der Waals surface area contributed by atoms with Crippen LogP contribution in [0.1, 0.15) is 48.9 Å². The second-order valence-corrected chi connectivity index (χ2v) is 4.80. The van der Waals surface area contributed by atoms with E-state index in [0.29, 0.717) is 6.04 Å². The molecule has 0 atom stereocenters. The van der Waals surface area contributed by atoms with E-state index < -0.39 is 0 Å². The molecule has 3 heteroatoms. The minimum Gasteiger partial charge on any atom is -0.339 e. The van der Waals surface area contributed by atoms with Crippen molar-refractivity contribution in [3.8, 4) is 0 Å². The Hall–Kier alpha value is -1.38. The van der Waals surface area contributed by atoms with Crippen molar-refractivity contribution >= 4 is 5.91 Å². The Morgan fingerprint density at radius 1 is 1.18 bits per heavy atom. The first kappa shape index (κ1) is 12.1. The molecule has 0 unspecified atom stereocenters.